The maximum absolute atomic E-state index is 11.5. The van der Waals surface area contributed by atoms with Crippen LogP contribution < -0.4 is 5.73 Å². The molecule has 0 aliphatic heterocycles. The molecule has 0 aliphatic carbocycles. The Kier molecular flexibility index (Phi) is 3.79. The minimum absolute atomic E-state index is 0.117. The fraction of sp³-hybridized carbons (Fsp3) is 0.333. The average Bonchev–Trinajstić information content (AvgIpc) is 2.65. The van der Waals surface area contributed by atoms with Crippen molar-refractivity contribution in [1.29, 1.82) is 0 Å². The van der Waals surface area contributed by atoms with Gasteiger partial charge in [0.15, 0.2) is 5.78 Å². The Bertz CT molecular complexity index is 346. The summed E-state index contributed by atoms with van der Waals surface area (Å²) in [7, 11) is 1.29. The van der Waals surface area contributed by atoms with E-state index in [0.29, 0.717) is 10.4 Å². The van der Waals surface area contributed by atoms with Gasteiger partial charge in [0.1, 0.15) is 4.88 Å². The predicted octanol–water partition coefficient (Wildman–Crippen LogP) is 1.07. The lowest BCUT2D eigenvalue weighted by Crippen LogP contribution is -2.11. The van der Waals surface area contributed by atoms with Crippen molar-refractivity contribution in [2.45, 2.75) is 6.42 Å². The van der Waals surface area contributed by atoms with Crippen molar-refractivity contribution in [2.24, 2.45) is 5.73 Å². The van der Waals surface area contributed by atoms with Crippen LogP contribution in [0.25, 0.3) is 0 Å². The Morgan fingerprint density at radius 3 is 2.86 bits per heavy atom. The molecule has 14 heavy (non-hydrogen) atoms. The Hall–Kier alpha value is -1.20. The SMILES string of the molecule is COC(=O)c1sccc1C(=O)CCN. The van der Waals surface area contributed by atoms with Gasteiger partial charge in [0, 0.05) is 12.0 Å². The molecule has 0 unspecified atom stereocenters. The largest absolute Gasteiger partial charge is 0.465 e. The second-order valence-electron chi connectivity index (χ2n) is 2.62. The topological polar surface area (TPSA) is 69.4 Å². The summed E-state index contributed by atoms with van der Waals surface area (Å²) in [5.74, 6) is -0.588. The molecule has 0 atom stereocenters. The van der Waals surface area contributed by atoms with Crippen molar-refractivity contribution in [3.63, 3.8) is 0 Å². The van der Waals surface area contributed by atoms with E-state index < -0.39 is 5.97 Å². The number of hydrogen-bond acceptors (Lipinski definition) is 5. The molecule has 0 aliphatic rings. The minimum atomic E-state index is -0.472. The molecule has 1 aromatic rings. The van der Waals surface area contributed by atoms with E-state index in [1.165, 1.54) is 18.4 Å². The molecule has 76 valence electrons. The number of hydrogen-bond donors (Lipinski definition) is 1. The minimum Gasteiger partial charge on any atom is -0.465 e. The first-order chi connectivity index (χ1) is 6.70. The first kappa shape index (κ1) is 10.9. The van der Waals surface area contributed by atoms with Crippen molar-refractivity contribution in [3.8, 4) is 0 Å². The molecule has 1 aromatic heterocycles. The molecule has 4 nitrogen and oxygen atoms in total. The molecule has 0 saturated heterocycles. The maximum atomic E-state index is 11.5. The van der Waals surface area contributed by atoms with Crippen LogP contribution in [0.5, 0.6) is 0 Å². The number of carbonyl (C=O) groups excluding carboxylic acids is 2. The number of esters is 1. The fourth-order valence-electron chi connectivity index (χ4n) is 1.05. The molecule has 0 saturated carbocycles. The van der Waals surface area contributed by atoms with Gasteiger partial charge in [0.05, 0.1) is 7.11 Å². The molecular weight excluding hydrogens is 202 g/mol. The highest BCUT2D eigenvalue weighted by molar-refractivity contribution is 7.12. The van der Waals surface area contributed by atoms with Crippen LogP contribution in [0.1, 0.15) is 26.5 Å². The van der Waals surface area contributed by atoms with Gasteiger partial charge in [-0.3, -0.25) is 4.79 Å². The number of rotatable bonds is 4. The number of carbonyl (C=O) groups is 2. The molecule has 0 bridgehead atoms. The zero-order chi connectivity index (χ0) is 10.6. The molecule has 0 radical (unpaired) electrons. The van der Waals surface area contributed by atoms with Crippen molar-refractivity contribution in [3.05, 3.63) is 21.9 Å². The number of methoxy groups -OCH3 is 1. The van der Waals surface area contributed by atoms with E-state index in [0.717, 1.165) is 0 Å². The maximum Gasteiger partial charge on any atom is 0.348 e. The standard InChI is InChI=1S/C9H11NO3S/c1-13-9(12)8-6(3-5-14-8)7(11)2-4-10/h3,5H,2,4,10H2,1H3. The molecule has 0 spiro atoms. The Labute approximate surface area is 85.7 Å². The predicted molar refractivity (Wildman–Crippen MR) is 53.7 cm³/mol. The van der Waals surface area contributed by atoms with E-state index in [1.807, 2.05) is 0 Å². The van der Waals surface area contributed by atoms with Crippen molar-refractivity contribution >= 4 is 23.1 Å². The van der Waals surface area contributed by atoms with Gasteiger partial charge in [-0.1, -0.05) is 0 Å². The number of nitrogens with two attached hydrogens (primary N) is 1. The van der Waals surface area contributed by atoms with Gasteiger partial charge in [-0.05, 0) is 18.0 Å². The summed E-state index contributed by atoms with van der Waals surface area (Å²) in [6, 6.07) is 1.62. The van der Waals surface area contributed by atoms with Gasteiger partial charge in [-0.2, -0.15) is 0 Å². The van der Waals surface area contributed by atoms with Gasteiger partial charge in [-0.15, -0.1) is 11.3 Å². The third-order valence-corrected chi connectivity index (χ3v) is 2.60. The van der Waals surface area contributed by atoms with Gasteiger partial charge >= 0.3 is 5.97 Å². The van der Waals surface area contributed by atoms with E-state index in [2.05, 4.69) is 4.74 Å². The summed E-state index contributed by atoms with van der Waals surface area (Å²) in [6.07, 6.45) is 0.251. The lowest BCUT2D eigenvalue weighted by molar-refractivity contribution is 0.0602. The molecular formula is C9H11NO3S. The van der Waals surface area contributed by atoms with Gasteiger partial charge < -0.3 is 10.5 Å². The summed E-state index contributed by atoms with van der Waals surface area (Å²) in [4.78, 5) is 23.0. The smallest absolute Gasteiger partial charge is 0.348 e. The lowest BCUT2D eigenvalue weighted by Gasteiger charge is -1.99. The highest BCUT2D eigenvalue weighted by Crippen LogP contribution is 2.19. The Morgan fingerprint density at radius 2 is 2.29 bits per heavy atom. The van der Waals surface area contributed by atoms with Crippen molar-refractivity contribution in [1.82, 2.24) is 0 Å². The summed E-state index contributed by atoms with van der Waals surface area (Å²) in [5, 5.41) is 1.69. The van der Waals surface area contributed by atoms with Crippen LogP contribution in [0.4, 0.5) is 0 Å². The van der Waals surface area contributed by atoms with Crippen LogP contribution >= 0.6 is 11.3 Å². The van der Waals surface area contributed by atoms with Crippen molar-refractivity contribution < 1.29 is 14.3 Å². The molecule has 1 rings (SSSR count). The summed E-state index contributed by atoms with van der Waals surface area (Å²) < 4.78 is 4.55. The quantitative estimate of drug-likeness (QED) is 0.600. The van der Waals surface area contributed by atoms with Crippen molar-refractivity contribution in [2.75, 3.05) is 13.7 Å². The number of Topliss-reactive ketones (excluding diaryl/α,β-unsaturated/α-hetero) is 1. The van der Waals surface area contributed by atoms with Crippen LogP contribution in [0.2, 0.25) is 0 Å². The second-order valence-corrected chi connectivity index (χ2v) is 3.53. The lowest BCUT2D eigenvalue weighted by atomic mass is 10.1. The van der Waals surface area contributed by atoms with Crippen LogP contribution in [-0.4, -0.2) is 25.4 Å². The number of ether oxygens (including phenoxy) is 1. The fourth-order valence-corrected chi connectivity index (χ4v) is 1.87. The highest BCUT2D eigenvalue weighted by atomic mass is 32.1. The molecule has 0 fully saturated rings. The van der Waals surface area contributed by atoms with E-state index >= 15 is 0 Å². The van der Waals surface area contributed by atoms with Gasteiger partial charge in [-0.25, -0.2) is 4.79 Å². The van der Waals surface area contributed by atoms with E-state index in [9.17, 15) is 9.59 Å². The van der Waals surface area contributed by atoms with Crippen LogP contribution in [-0.2, 0) is 4.74 Å². The first-order valence-electron chi connectivity index (χ1n) is 4.09. The van der Waals surface area contributed by atoms with Crippen LogP contribution in [0, 0.1) is 0 Å². The normalized spacial score (nSPS) is 9.86. The van der Waals surface area contributed by atoms with Gasteiger partial charge in [0.25, 0.3) is 0 Å². The average molecular weight is 213 g/mol. The molecule has 0 amide bonds. The van der Waals surface area contributed by atoms with Crippen LogP contribution in [0.15, 0.2) is 11.4 Å². The van der Waals surface area contributed by atoms with E-state index in [1.54, 1.807) is 11.4 Å². The molecule has 1 heterocycles. The third-order valence-electron chi connectivity index (χ3n) is 1.71. The summed E-state index contributed by atoms with van der Waals surface area (Å²) >= 11 is 1.20. The van der Waals surface area contributed by atoms with Gasteiger partial charge in [0.2, 0.25) is 0 Å². The first-order valence-corrected chi connectivity index (χ1v) is 4.97. The monoisotopic (exact) mass is 213 g/mol. The number of thiophene rings is 1. The van der Waals surface area contributed by atoms with E-state index in [-0.39, 0.29) is 18.7 Å². The molecule has 0 aromatic carbocycles. The van der Waals surface area contributed by atoms with Crippen LogP contribution in [0.3, 0.4) is 0 Å². The molecule has 2 N–H and O–H groups in total. The highest BCUT2D eigenvalue weighted by Gasteiger charge is 2.18. The number of ketones is 1. The Morgan fingerprint density at radius 1 is 1.57 bits per heavy atom. The second kappa shape index (κ2) is 4.88. The summed E-state index contributed by atoms with van der Waals surface area (Å²) in [6.45, 7) is 0.287. The Balaban J connectivity index is 2.92. The zero-order valence-corrected chi connectivity index (χ0v) is 8.60. The third kappa shape index (κ3) is 2.18. The molecule has 5 heteroatoms. The zero-order valence-electron chi connectivity index (χ0n) is 7.78. The van der Waals surface area contributed by atoms with E-state index in [4.69, 9.17) is 5.73 Å². The summed E-state index contributed by atoms with van der Waals surface area (Å²) in [5.41, 5.74) is 5.67.